The zero-order valence-corrected chi connectivity index (χ0v) is 18.8. The van der Waals surface area contributed by atoms with Gasteiger partial charge in [-0.05, 0) is 67.1 Å². The number of nitrogens with zero attached hydrogens (tertiary/aromatic N) is 3. The van der Waals surface area contributed by atoms with Crippen molar-refractivity contribution in [2.24, 2.45) is 0 Å². The van der Waals surface area contributed by atoms with Crippen LogP contribution in [0.4, 0.5) is 8.78 Å². The summed E-state index contributed by atoms with van der Waals surface area (Å²) in [6.07, 6.45) is 5.60. The number of rotatable bonds is 5. The molecule has 162 valence electrons. The minimum Gasteiger partial charge on any atom is -0.474 e. The summed E-state index contributed by atoms with van der Waals surface area (Å²) < 4.78 is 41.2. The zero-order chi connectivity index (χ0) is 20.9. The van der Waals surface area contributed by atoms with Crippen LogP contribution < -0.4 is 9.47 Å². The molecule has 1 aromatic heterocycles. The molecule has 0 bridgehead atoms. The van der Waals surface area contributed by atoms with Crippen molar-refractivity contribution in [1.29, 1.82) is 0 Å². The molecule has 0 unspecified atom stereocenters. The second-order valence-corrected chi connectivity index (χ2v) is 9.78. The van der Waals surface area contributed by atoms with Crippen LogP contribution in [0, 0.1) is 5.82 Å². The maximum Gasteiger partial charge on any atom is 0.320 e. The van der Waals surface area contributed by atoms with Crippen molar-refractivity contribution < 1.29 is 18.3 Å². The number of aromatic nitrogens is 2. The molecule has 2 aromatic rings. The number of hydrogen-bond acceptors (Lipinski definition) is 5. The quantitative estimate of drug-likeness (QED) is 0.508. The van der Waals surface area contributed by atoms with Gasteiger partial charge < -0.3 is 9.47 Å². The predicted octanol–water partition coefficient (Wildman–Crippen LogP) is 5.46. The van der Waals surface area contributed by atoms with Gasteiger partial charge in [0, 0.05) is 13.0 Å². The Labute approximate surface area is 187 Å². The zero-order valence-electron chi connectivity index (χ0n) is 16.5. The van der Waals surface area contributed by atoms with Gasteiger partial charge in [0.1, 0.15) is 24.4 Å². The first-order chi connectivity index (χ1) is 14.4. The Kier molecular flexibility index (Phi) is 5.52. The molecule has 1 aromatic carbocycles. The lowest BCUT2D eigenvalue weighted by Crippen LogP contribution is -2.43. The van der Waals surface area contributed by atoms with Gasteiger partial charge >= 0.3 is 6.01 Å². The van der Waals surface area contributed by atoms with Crippen LogP contribution in [0.5, 0.6) is 11.9 Å². The number of ether oxygens (including phenoxy) is 2. The van der Waals surface area contributed by atoms with Crippen LogP contribution in [-0.2, 0) is 0 Å². The molecule has 0 spiro atoms. The van der Waals surface area contributed by atoms with E-state index in [1.165, 1.54) is 0 Å². The molecule has 30 heavy (non-hydrogen) atoms. The standard InChI is InChI=1S/C21H23BrClF2N3O2/c22-16-15(23)8-14-18(17(16)25)26-20(27-19(14)30-13-4-1-2-5-13)29-11-21-6-3-7-28(21)10-12(24)9-21/h8,12-13H,1-7,9-11H2/t12-,21+/m1/s1. The van der Waals surface area contributed by atoms with Crippen LogP contribution >= 0.6 is 27.5 Å². The number of benzene rings is 1. The topological polar surface area (TPSA) is 47.5 Å². The van der Waals surface area contributed by atoms with E-state index in [4.69, 9.17) is 21.1 Å². The van der Waals surface area contributed by atoms with Gasteiger partial charge in [0.25, 0.3) is 0 Å². The van der Waals surface area contributed by atoms with Gasteiger partial charge in [-0.25, -0.2) is 8.78 Å². The fourth-order valence-corrected chi connectivity index (χ4v) is 5.59. The van der Waals surface area contributed by atoms with Crippen molar-refractivity contribution in [3.8, 4) is 11.9 Å². The average Bonchev–Trinajstić information content (AvgIpc) is 3.42. The second-order valence-electron chi connectivity index (χ2n) is 8.58. The normalized spacial score (nSPS) is 27.1. The van der Waals surface area contributed by atoms with Crippen LogP contribution in [0.15, 0.2) is 10.5 Å². The number of alkyl halides is 1. The van der Waals surface area contributed by atoms with E-state index >= 15 is 0 Å². The van der Waals surface area contributed by atoms with Gasteiger partial charge in [-0.3, -0.25) is 4.90 Å². The van der Waals surface area contributed by atoms with E-state index in [9.17, 15) is 8.78 Å². The van der Waals surface area contributed by atoms with Gasteiger partial charge in [0.15, 0.2) is 5.82 Å². The van der Waals surface area contributed by atoms with Gasteiger partial charge in [0.05, 0.1) is 20.4 Å². The lowest BCUT2D eigenvalue weighted by molar-refractivity contribution is 0.106. The Morgan fingerprint density at radius 3 is 2.87 bits per heavy atom. The van der Waals surface area contributed by atoms with E-state index in [0.29, 0.717) is 18.4 Å². The Morgan fingerprint density at radius 1 is 1.27 bits per heavy atom. The smallest absolute Gasteiger partial charge is 0.320 e. The summed E-state index contributed by atoms with van der Waals surface area (Å²) in [7, 11) is 0. The highest BCUT2D eigenvalue weighted by molar-refractivity contribution is 9.10. The van der Waals surface area contributed by atoms with Crippen LogP contribution in [0.3, 0.4) is 0 Å². The fourth-order valence-electron chi connectivity index (χ4n) is 5.09. The fraction of sp³-hybridized carbons (Fsp3) is 0.619. The Bertz CT molecular complexity index is 975. The Morgan fingerprint density at radius 2 is 2.07 bits per heavy atom. The Balaban J connectivity index is 1.48. The van der Waals surface area contributed by atoms with Crippen LogP contribution in [0.1, 0.15) is 44.9 Å². The summed E-state index contributed by atoms with van der Waals surface area (Å²) in [5.41, 5.74) is -0.233. The largest absolute Gasteiger partial charge is 0.474 e. The third-order valence-electron chi connectivity index (χ3n) is 6.58. The summed E-state index contributed by atoms with van der Waals surface area (Å²) in [5.74, 6) is -0.294. The van der Waals surface area contributed by atoms with Crippen molar-refractivity contribution in [2.45, 2.75) is 62.8 Å². The lowest BCUT2D eigenvalue weighted by atomic mass is 9.95. The molecule has 2 atom stereocenters. The summed E-state index contributed by atoms with van der Waals surface area (Å²) in [6, 6.07) is 1.66. The summed E-state index contributed by atoms with van der Waals surface area (Å²) in [5, 5.41) is 0.652. The SMILES string of the molecule is Fc1c(Br)c(Cl)cc2c(OC3CCCC3)nc(OC[C@@]34CCCN3C[C@H](F)C4)nc12. The molecule has 3 fully saturated rings. The molecule has 2 saturated heterocycles. The highest BCUT2D eigenvalue weighted by atomic mass is 79.9. The Hall–Kier alpha value is -1.25. The van der Waals surface area contributed by atoms with E-state index in [1.54, 1.807) is 6.07 Å². The first-order valence-corrected chi connectivity index (χ1v) is 11.7. The summed E-state index contributed by atoms with van der Waals surface area (Å²) in [4.78, 5) is 10.9. The van der Waals surface area contributed by atoms with Crippen molar-refractivity contribution in [3.63, 3.8) is 0 Å². The minimum atomic E-state index is -0.844. The summed E-state index contributed by atoms with van der Waals surface area (Å²) >= 11 is 9.35. The van der Waals surface area contributed by atoms with Gasteiger partial charge in [-0.1, -0.05) is 11.6 Å². The van der Waals surface area contributed by atoms with E-state index in [-0.39, 0.29) is 45.2 Å². The first kappa shape index (κ1) is 20.6. The monoisotopic (exact) mass is 501 g/mol. The van der Waals surface area contributed by atoms with Crippen molar-refractivity contribution in [2.75, 3.05) is 19.7 Å². The van der Waals surface area contributed by atoms with Gasteiger partial charge in [0.2, 0.25) is 5.88 Å². The molecular weight excluding hydrogens is 480 g/mol. The lowest BCUT2D eigenvalue weighted by Gasteiger charge is -2.30. The van der Waals surface area contributed by atoms with E-state index < -0.39 is 12.0 Å². The summed E-state index contributed by atoms with van der Waals surface area (Å²) in [6.45, 7) is 1.59. The van der Waals surface area contributed by atoms with Crippen molar-refractivity contribution >= 4 is 38.4 Å². The van der Waals surface area contributed by atoms with Crippen LogP contribution in [0.25, 0.3) is 10.9 Å². The molecule has 3 aliphatic rings. The number of fused-ring (bicyclic) bond motifs is 2. The third-order valence-corrected chi connectivity index (χ3v) is 7.88. The number of halogens is 4. The molecule has 5 rings (SSSR count). The van der Waals surface area contributed by atoms with Crippen LogP contribution in [0.2, 0.25) is 5.02 Å². The van der Waals surface area contributed by atoms with Crippen LogP contribution in [-0.4, -0.2) is 52.4 Å². The van der Waals surface area contributed by atoms with Crippen molar-refractivity contribution in [3.05, 3.63) is 21.4 Å². The highest BCUT2D eigenvalue weighted by Gasteiger charge is 2.49. The van der Waals surface area contributed by atoms with E-state index in [1.807, 2.05) is 0 Å². The van der Waals surface area contributed by atoms with Gasteiger partial charge in [-0.15, -0.1) is 0 Å². The third kappa shape index (κ3) is 3.65. The molecule has 1 aliphatic carbocycles. The molecule has 9 heteroatoms. The van der Waals surface area contributed by atoms with Gasteiger partial charge in [-0.2, -0.15) is 9.97 Å². The maximum atomic E-state index is 14.9. The molecule has 0 radical (unpaired) electrons. The number of hydrogen-bond donors (Lipinski definition) is 0. The molecule has 2 aliphatic heterocycles. The molecule has 3 heterocycles. The minimum absolute atomic E-state index is 0.0347. The van der Waals surface area contributed by atoms with E-state index in [0.717, 1.165) is 45.1 Å². The molecule has 0 N–H and O–H groups in total. The molecular formula is C21H23BrClF2N3O2. The van der Waals surface area contributed by atoms with E-state index in [2.05, 4.69) is 30.8 Å². The molecule has 5 nitrogen and oxygen atoms in total. The first-order valence-electron chi connectivity index (χ1n) is 10.5. The maximum absolute atomic E-state index is 14.9. The highest BCUT2D eigenvalue weighted by Crippen LogP contribution is 2.41. The average molecular weight is 503 g/mol. The molecule has 0 amide bonds. The molecule has 1 saturated carbocycles. The second kappa shape index (κ2) is 8.02. The predicted molar refractivity (Wildman–Crippen MR) is 114 cm³/mol. The van der Waals surface area contributed by atoms with Crippen molar-refractivity contribution in [1.82, 2.24) is 14.9 Å².